The van der Waals surface area contributed by atoms with Crippen LogP contribution >= 0.6 is 0 Å². The lowest BCUT2D eigenvalue weighted by Gasteiger charge is -2.38. The van der Waals surface area contributed by atoms with Crippen LogP contribution in [0.2, 0.25) is 0 Å². The lowest BCUT2D eigenvalue weighted by molar-refractivity contribution is -0.902. The SMILES string of the molecule is CCCCNC(=O)NC(=O)C[NH+]1CC[C@@H]2CCCC[C@@H]2C1. The summed E-state index contributed by atoms with van der Waals surface area (Å²) in [5, 5.41) is 5.17. The van der Waals surface area contributed by atoms with E-state index in [-0.39, 0.29) is 11.9 Å². The quantitative estimate of drug-likeness (QED) is 0.654. The van der Waals surface area contributed by atoms with Crippen molar-refractivity contribution in [2.75, 3.05) is 26.2 Å². The third-order valence-electron chi connectivity index (χ3n) is 4.97. The Kier molecular flexibility index (Phi) is 6.49. The number of hydrogen-bond acceptors (Lipinski definition) is 2. The minimum absolute atomic E-state index is 0.145. The summed E-state index contributed by atoms with van der Waals surface area (Å²) in [5.41, 5.74) is 0. The molecule has 1 aliphatic carbocycles. The third-order valence-corrected chi connectivity index (χ3v) is 4.97. The van der Waals surface area contributed by atoms with Gasteiger partial charge in [-0.25, -0.2) is 4.79 Å². The molecule has 5 nitrogen and oxygen atoms in total. The van der Waals surface area contributed by atoms with Crippen molar-refractivity contribution < 1.29 is 14.5 Å². The first-order valence-electron chi connectivity index (χ1n) is 8.60. The number of unbranched alkanes of at least 4 members (excludes halogenated alkanes) is 1. The smallest absolute Gasteiger partial charge is 0.321 e. The highest BCUT2D eigenvalue weighted by molar-refractivity contribution is 5.94. The zero-order valence-corrected chi connectivity index (χ0v) is 13.2. The molecule has 2 fully saturated rings. The molecule has 2 aliphatic rings. The minimum Gasteiger partial charge on any atom is -0.338 e. The van der Waals surface area contributed by atoms with Crippen molar-refractivity contribution in [1.29, 1.82) is 0 Å². The Morgan fingerprint density at radius 2 is 1.90 bits per heavy atom. The van der Waals surface area contributed by atoms with Crippen LogP contribution in [-0.4, -0.2) is 38.1 Å². The molecule has 3 atom stereocenters. The van der Waals surface area contributed by atoms with E-state index in [0.717, 1.165) is 37.8 Å². The highest BCUT2D eigenvalue weighted by Gasteiger charge is 2.34. The maximum Gasteiger partial charge on any atom is 0.321 e. The molecule has 2 rings (SSSR count). The van der Waals surface area contributed by atoms with Crippen LogP contribution in [0.15, 0.2) is 0 Å². The highest BCUT2D eigenvalue weighted by Crippen LogP contribution is 2.32. The summed E-state index contributed by atoms with van der Waals surface area (Å²) in [6.45, 7) is 5.32. The number of piperidine rings is 1. The normalized spacial score (nSPS) is 28.5. The molecule has 3 N–H and O–H groups in total. The van der Waals surface area contributed by atoms with Crippen LogP contribution in [0.25, 0.3) is 0 Å². The molecule has 1 heterocycles. The van der Waals surface area contributed by atoms with Crippen LogP contribution in [0.1, 0.15) is 51.9 Å². The molecule has 21 heavy (non-hydrogen) atoms. The van der Waals surface area contributed by atoms with Gasteiger partial charge in [-0.2, -0.15) is 0 Å². The van der Waals surface area contributed by atoms with Gasteiger partial charge < -0.3 is 10.2 Å². The lowest BCUT2D eigenvalue weighted by Crippen LogP contribution is -3.15. The van der Waals surface area contributed by atoms with Gasteiger partial charge in [0.1, 0.15) is 0 Å². The standard InChI is InChI=1S/C16H29N3O2/c1-2-3-9-17-16(21)18-15(20)12-19-10-8-13-6-4-5-7-14(13)11-19/h13-14H,2-12H2,1H3,(H2,17,18,20,21)/p+1/t13-,14+/m0/s1. The Balaban J connectivity index is 1.67. The van der Waals surface area contributed by atoms with Crippen LogP contribution in [0.4, 0.5) is 4.79 Å². The Hall–Kier alpha value is -1.10. The molecular formula is C16H30N3O2+. The third kappa shape index (κ3) is 5.30. The summed E-state index contributed by atoms with van der Waals surface area (Å²) in [6, 6.07) is -0.347. The largest absolute Gasteiger partial charge is 0.338 e. The summed E-state index contributed by atoms with van der Waals surface area (Å²) in [6.07, 6.45) is 8.67. The van der Waals surface area contributed by atoms with Gasteiger partial charge >= 0.3 is 6.03 Å². The number of carbonyl (C=O) groups excluding carboxylic acids is 2. The molecule has 0 radical (unpaired) electrons. The second kappa shape index (κ2) is 8.37. The van der Waals surface area contributed by atoms with Gasteiger partial charge in [0.05, 0.1) is 13.1 Å². The molecule has 120 valence electrons. The fourth-order valence-corrected chi connectivity index (χ4v) is 3.78. The van der Waals surface area contributed by atoms with Crippen molar-refractivity contribution in [2.24, 2.45) is 11.8 Å². The second-order valence-electron chi connectivity index (χ2n) is 6.63. The highest BCUT2D eigenvalue weighted by atomic mass is 16.2. The van der Waals surface area contributed by atoms with Crippen LogP contribution in [-0.2, 0) is 4.79 Å². The maximum absolute atomic E-state index is 11.9. The van der Waals surface area contributed by atoms with Gasteiger partial charge in [-0.3, -0.25) is 10.1 Å². The number of nitrogens with one attached hydrogen (secondary N) is 3. The molecular weight excluding hydrogens is 266 g/mol. The molecule has 0 aromatic rings. The Morgan fingerprint density at radius 1 is 1.14 bits per heavy atom. The van der Waals surface area contributed by atoms with Crippen molar-refractivity contribution in [1.82, 2.24) is 10.6 Å². The average Bonchev–Trinajstić information content (AvgIpc) is 2.47. The molecule has 0 spiro atoms. The van der Waals surface area contributed by atoms with Gasteiger partial charge in [-0.15, -0.1) is 0 Å². The van der Waals surface area contributed by atoms with Crippen LogP contribution in [0.3, 0.4) is 0 Å². The fraction of sp³-hybridized carbons (Fsp3) is 0.875. The van der Waals surface area contributed by atoms with E-state index in [4.69, 9.17) is 0 Å². The summed E-state index contributed by atoms with van der Waals surface area (Å²) in [5.74, 6) is 1.55. The van der Waals surface area contributed by atoms with E-state index < -0.39 is 0 Å². The minimum atomic E-state index is -0.347. The Labute approximate surface area is 127 Å². The number of likely N-dealkylation sites (tertiary alicyclic amines) is 1. The number of rotatable bonds is 5. The van der Waals surface area contributed by atoms with E-state index in [1.54, 1.807) is 0 Å². The zero-order valence-electron chi connectivity index (χ0n) is 13.2. The molecule has 0 aromatic heterocycles. The van der Waals surface area contributed by atoms with E-state index in [9.17, 15) is 9.59 Å². The molecule has 1 aliphatic heterocycles. The summed E-state index contributed by atoms with van der Waals surface area (Å²) in [4.78, 5) is 24.8. The Morgan fingerprint density at radius 3 is 2.67 bits per heavy atom. The van der Waals surface area contributed by atoms with Crippen molar-refractivity contribution in [3.05, 3.63) is 0 Å². The van der Waals surface area contributed by atoms with E-state index in [1.165, 1.54) is 37.0 Å². The predicted octanol–water partition coefficient (Wildman–Crippen LogP) is 0.707. The van der Waals surface area contributed by atoms with E-state index in [1.807, 2.05) is 0 Å². The number of urea groups is 1. The van der Waals surface area contributed by atoms with Gasteiger partial charge in [0.25, 0.3) is 5.91 Å². The average molecular weight is 296 g/mol. The topological polar surface area (TPSA) is 62.6 Å². The Bertz CT molecular complexity index is 359. The molecule has 1 saturated carbocycles. The van der Waals surface area contributed by atoms with Crippen molar-refractivity contribution >= 4 is 11.9 Å². The van der Waals surface area contributed by atoms with Crippen LogP contribution < -0.4 is 15.5 Å². The monoisotopic (exact) mass is 296 g/mol. The van der Waals surface area contributed by atoms with E-state index >= 15 is 0 Å². The van der Waals surface area contributed by atoms with Crippen molar-refractivity contribution in [2.45, 2.75) is 51.9 Å². The number of imide groups is 1. The second-order valence-corrected chi connectivity index (χ2v) is 6.63. The van der Waals surface area contributed by atoms with Crippen LogP contribution in [0, 0.1) is 11.8 Å². The number of hydrogen-bond donors (Lipinski definition) is 3. The number of carbonyl (C=O) groups is 2. The van der Waals surface area contributed by atoms with E-state index in [2.05, 4.69) is 17.6 Å². The summed E-state index contributed by atoms with van der Waals surface area (Å²) >= 11 is 0. The molecule has 5 heteroatoms. The molecule has 1 saturated heterocycles. The molecule has 1 unspecified atom stereocenters. The molecule has 0 aromatic carbocycles. The number of fused-ring (bicyclic) bond motifs is 1. The first-order valence-corrected chi connectivity index (χ1v) is 8.60. The van der Waals surface area contributed by atoms with Crippen molar-refractivity contribution in [3.63, 3.8) is 0 Å². The number of quaternary nitrogens is 1. The van der Waals surface area contributed by atoms with Gasteiger partial charge in [0.15, 0.2) is 6.54 Å². The fourth-order valence-electron chi connectivity index (χ4n) is 3.78. The zero-order chi connectivity index (χ0) is 15.1. The molecule has 0 bridgehead atoms. The van der Waals surface area contributed by atoms with Gasteiger partial charge in [0, 0.05) is 12.5 Å². The van der Waals surface area contributed by atoms with Gasteiger partial charge in [-0.05, 0) is 31.6 Å². The van der Waals surface area contributed by atoms with Gasteiger partial charge in [0.2, 0.25) is 0 Å². The lowest BCUT2D eigenvalue weighted by atomic mass is 9.75. The first-order chi connectivity index (χ1) is 10.2. The van der Waals surface area contributed by atoms with Gasteiger partial charge in [-0.1, -0.05) is 26.2 Å². The summed E-state index contributed by atoms with van der Waals surface area (Å²) < 4.78 is 0. The number of amides is 3. The summed E-state index contributed by atoms with van der Waals surface area (Å²) in [7, 11) is 0. The molecule has 3 amide bonds. The first kappa shape index (κ1) is 16.3. The van der Waals surface area contributed by atoms with Crippen LogP contribution in [0.5, 0.6) is 0 Å². The van der Waals surface area contributed by atoms with Crippen molar-refractivity contribution in [3.8, 4) is 0 Å². The predicted molar refractivity (Wildman–Crippen MR) is 82.1 cm³/mol. The maximum atomic E-state index is 11.9. The van der Waals surface area contributed by atoms with E-state index in [0.29, 0.717) is 13.1 Å².